The van der Waals surface area contributed by atoms with Gasteiger partial charge in [-0.15, -0.1) is 0 Å². The number of fused-ring (bicyclic) bond motifs is 1. The van der Waals surface area contributed by atoms with Crippen molar-refractivity contribution in [2.24, 2.45) is 7.05 Å². The zero-order valence-corrected chi connectivity index (χ0v) is 8.82. The van der Waals surface area contributed by atoms with Crippen molar-refractivity contribution < 1.29 is 4.79 Å². The highest BCUT2D eigenvalue weighted by molar-refractivity contribution is 5.97. The van der Waals surface area contributed by atoms with Crippen molar-refractivity contribution in [1.82, 2.24) is 15.1 Å². The molecular formula is C11H13N3O. The Morgan fingerprint density at radius 1 is 1.53 bits per heavy atom. The van der Waals surface area contributed by atoms with Crippen molar-refractivity contribution in [3.05, 3.63) is 30.0 Å². The van der Waals surface area contributed by atoms with Crippen LogP contribution in [0.5, 0.6) is 0 Å². The van der Waals surface area contributed by atoms with Crippen LogP contribution in [-0.4, -0.2) is 22.2 Å². The second-order valence-electron chi connectivity index (χ2n) is 3.44. The third-order valence-corrected chi connectivity index (χ3v) is 2.22. The van der Waals surface area contributed by atoms with E-state index in [1.807, 2.05) is 32.3 Å². The first-order valence-corrected chi connectivity index (χ1v) is 4.92. The fraction of sp³-hybridized carbons (Fsp3) is 0.273. The molecule has 0 unspecified atom stereocenters. The van der Waals surface area contributed by atoms with Crippen molar-refractivity contribution in [3.63, 3.8) is 0 Å². The molecule has 0 radical (unpaired) electrons. The molecule has 0 aliphatic heterocycles. The minimum absolute atomic E-state index is 0.0509. The van der Waals surface area contributed by atoms with E-state index in [1.54, 1.807) is 10.7 Å². The second-order valence-corrected chi connectivity index (χ2v) is 3.44. The Labute approximate surface area is 87.9 Å². The molecule has 2 aromatic rings. The molecule has 78 valence electrons. The maximum Gasteiger partial charge on any atom is 0.251 e. The van der Waals surface area contributed by atoms with Gasteiger partial charge in [-0.25, -0.2) is 0 Å². The summed E-state index contributed by atoms with van der Waals surface area (Å²) in [6.07, 6.45) is 1.93. The van der Waals surface area contributed by atoms with Gasteiger partial charge in [-0.1, -0.05) is 6.07 Å². The SMILES string of the molecule is CCNC(=O)c1ccc2cn(C)nc2c1. The van der Waals surface area contributed by atoms with Crippen LogP contribution in [0.15, 0.2) is 24.4 Å². The van der Waals surface area contributed by atoms with E-state index < -0.39 is 0 Å². The summed E-state index contributed by atoms with van der Waals surface area (Å²) in [6, 6.07) is 5.53. The highest BCUT2D eigenvalue weighted by Crippen LogP contribution is 2.13. The highest BCUT2D eigenvalue weighted by Gasteiger charge is 2.06. The Morgan fingerprint density at radius 3 is 3.07 bits per heavy atom. The number of aryl methyl sites for hydroxylation is 1. The minimum atomic E-state index is -0.0509. The molecule has 0 saturated carbocycles. The van der Waals surface area contributed by atoms with Gasteiger partial charge in [-0.2, -0.15) is 5.10 Å². The molecule has 0 spiro atoms. The summed E-state index contributed by atoms with van der Waals surface area (Å²) in [4.78, 5) is 11.5. The molecule has 0 bridgehead atoms. The van der Waals surface area contributed by atoms with Crippen molar-refractivity contribution >= 4 is 16.8 Å². The summed E-state index contributed by atoms with van der Waals surface area (Å²) in [5.74, 6) is -0.0509. The molecule has 1 aromatic heterocycles. The lowest BCUT2D eigenvalue weighted by Crippen LogP contribution is -2.22. The van der Waals surface area contributed by atoms with Gasteiger partial charge in [0.15, 0.2) is 0 Å². The Balaban J connectivity index is 2.41. The van der Waals surface area contributed by atoms with Gasteiger partial charge in [0.05, 0.1) is 5.52 Å². The number of carbonyl (C=O) groups is 1. The Hall–Kier alpha value is -1.84. The number of hydrogen-bond donors (Lipinski definition) is 1. The molecule has 1 amide bonds. The summed E-state index contributed by atoms with van der Waals surface area (Å²) >= 11 is 0. The summed E-state index contributed by atoms with van der Waals surface area (Å²) in [7, 11) is 1.87. The third-order valence-electron chi connectivity index (χ3n) is 2.22. The molecule has 1 heterocycles. The average Bonchev–Trinajstić information content (AvgIpc) is 2.57. The molecule has 1 N–H and O–H groups in total. The van der Waals surface area contributed by atoms with E-state index in [2.05, 4.69) is 10.4 Å². The van der Waals surface area contributed by atoms with E-state index in [9.17, 15) is 4.79 Å². The molecule has 0 saturated heterocycles. The smallest absolute Gasteiger partial charge is 0.251 e. The normalized spacial score (nSPS) is 10.5. The Bertz CT molecular complexity index is 502. The lowest BCUT2D eigenvalue weighted by molar-refractivity contribution is 0.0956. The number of hydrogen-bond acceptors (Lipinski definition) is 2. The number of nitrogens with one attached hydrogen (secondary N) is 1. The van der Waals surface area contributed by atoms with Crippen molar-refractivity contribution in [3.8, 4) is 0 Å². The fourth-order valence-electron chi connectivity index (χ4n) is 1.54. The van der Waals surface area contributed by atoms with Gasteiger partial charge in [-0.05, 0) is 19.1 Å². The van der Waals surface area contributed by atoms with Gasteiger partial charge >= 0.3 is 0 Å². The third kappa shape index (κ3) is 1.83. The number of rotatable bonds is 2. The first kappa shape index (κ1) is 9.71. The monoisotopic (exact) mass is 203 g/mol. The molecule has 0 aliphatic rings. The lowest BCUT2D eigenvalue weighted by Gasteiger charge is -2.00. The van der Waals surface area contributed by atoms with E-state index in [4.69, 9.17) is 0 Å². The van der Waals surface area contributed by atoms with Crippen LogP contribution in [0, 0.1) is 0 Å². The average molecular weight is 203 g/mol. The van der Waals surface area contributed by atoms with E-state index >= 15 is 0 Å². The zero-order chi connectivity index (χ0) is 10.8. The lowest BCUT2D eigenvalue weighted by atomic mass is 10.1. The summed E-state index contributed by atoms with van der Waals surface area (Å²) in [6.45, 7) is 2.54. The van der Waals surface area contributed by atoms with Crippen molar-refractivity contribution in [2.75, 3.05) is 6.54 Å². The standard InChI is InChI=1S/C11H13N3O/c1-3-12-11(15)8-4-5-9-7-14(2)13-10(9)6-8/h4-7H,3H2,1-2H3,(H,12,15). The molecule has 0 aliphatic carbocycles. The predicted molar refractivity (Wildman–Crippen MR) is 58.7 cm³/mol. The van der Waals surface area contributed by atoms with E-state index in [0.717, 1.165) is 10.9 Å². The number of amides is 1. The van der Waals surface area contributed by atoms with Crippen LogP contribution >= 0.6 is 0 Å². The summed E-state index contributed by atoms with van der Waals surface area (Å²) in [5.41, 5.74) is 1.50. The molecule has 0 atom stereocenters. The van der Waals surface area contributed by atoms with Gasteiger partial charge in [0, 0.05) is 30.7 Å². The molecule has 4 nitrogen and oxygen atoms in total. The van der Waals surface area contributed by atoms with Gasteiger partial charge in [-0.3, -0.25) is 9.48 Å². The van der Waals surface area contributed by atoms with E-state index in [-0.39, 0.29) is 5.91 Å². The van der Waals surface area contributed by atoms with E-state index in [0.29, 0.717) is 12.1 Å². The van der Waals surface area contributed by atoms with Crippen LogP contribution in [0.25, 0.3) is 10.9 Å². The molecule has 1 aromatic carbocycles. The number of carbonyl (C=O) groups excluding carboxylic acids is 1. The first-order chi connectivity index (χ1) is 7.20. The topological polar surface area (TPSA) is 46.9 Å². The first-order valence-electron chi connectivity index (χ1n) is 4.92. The van der Waals surface area contributed by atoms with Crippen LogP contribution in [0.2, 0.25) is 0 Å². The van der Waals surface area contributed by atoms with Gasteiger partial charge in [0.25, 0.3) is 5.91 Å². The van der Waals surface area contributed by atoms with Gasteiger partial charge in [0.1, 0.15) is 0 Å². The maximum atomic E-state index is 11.5. The van der Waals surface area contributed by atoms with Crippen LogP contribution in [0.1, 0.15) is 17.3 Å². The zero-order valence-electron chi connectivity index (χ0n) is 8.82. The number of aromatic nitrogens is 2. The molecule has 15 heavy (non-hydrogen) atoms. The quantitative estimate of drug-likeness (QED) is 0.800. The van der Waals surface area contributed by atoms with Crippen LogP contribution < -0.4 is 5.32 Å². The minimum Gasteiger partial charge on any atom is -0.352 e. The molecular weight excluding hydrogens is 190 g/mol. The molecule has 4 heteroatoms. The summed E-state index contributed by atoms with van der Waals surface area (Å²) < 4.78 is 1.74. The predicted octanol–water partition coefficient (Wildman–Crippen LogP) is 1.32. The summed E-state index contributed by atoms with van der Waals surface area (Å²) in [5, 5.41) is 8.06. The maximum absolute atomic E-state index is 11.5. The molecule has 2 rings (SSSR count). The van der Waals surface area contributed by atoms with Crippen LogP contribution in [-0.2, 0) is 7.05 Å². The molecule has 0 fully saturated rings. The second kappa shape index (κ2) is 3.73. The van der Waals surface area contributed by atoms with Gasteiger partial charge < -0.3 is 5.32 Å². The van der Waals surface area contributed by atoms with Crippen molar-refractivity contribution in [1.29, 1.82) is 0 Å². The highest BCUT2D eigenvalue weighted by atomic mass is 16.1. The van der Waals surface area contributed by atoms with Crippen LogP contribution in [0.3, 0.4) is 0 Å². The fourth-order valence-corrected chi connectivity index (χ4v) is 1.54. The number of benzene rings is 1. The van der Waals surface area contributed by atoms with Crippen LogP contribution in [0.4, 0.5) is 0 Å². The van der Waals surface area contributed by atoms with Crippen molar-refractivity contribution in [2.45, 2.75) is 6.92 Å². The van der Waals surface area contributed by atoms with Gasteiger partial charge in [0.2, 0.25) is 0 Å². The Morgan fingerprint density at radius 2 is 2.33 bits per heavy atom. The number of nitrogens with zero attached hydrogens (tertiary/aromatic N) is 2. The Kier molecular flexibility index (Phi) is 2.41. The van der Waals surface area contributed by atoms with E-state index in [1.165, 1.54) is 0 Å². The largest absolute Gasteiger partial charge is 0.352 e.